The van der Waals surface area contributed by atoms with E-state index in [-0.39, 0.29) is 18.2 Å². The van der Waals surface area contributed by atoms with Crippen LogP contribution in [0.5, 0.6) is 5.75 Å². The number of rotatable bonds is 1. The molecular formula is C24H21FN4O3. The molecule has 2 aliphatic rings. The van der Waals surface area contributed by atoms with Crippen LogP contribution in [-0.4, -0.2) is 38.8 Å². The minimum Gasteiger partial charge on any atom is -0.502 e. The summed E-state index contributed by atoms with van der Waals surface area (Å²) in [6.07, 6.45) is 8.31. The molecule has 0 spiro atoms. The Morgan fingerprint density at radius 1 is 1.09 bits per heavy atom. The maximum atomic E-state index is 14.2. The molecule has 1 unspecified atom stereocenters. The Balaban J connectivity index is 1.80. The van der Waals surface area contributed by atoms with Crippen molar-refractivity contribution in [2.45, 2.75) is 18.9 Å². The lowest BCUT2D eigenvalue weighted by molar-refractivity contribution is 0.0701. The first-order valence-corrected chi connectivity index (χ1v) is 10.4. The van der Waals surface area contributed by atoms with Crippen molar-refractivity contribution >= 4 is 5.91 Å². The molecule has 2 aromatic heterocycles. The number of aryl methyl sites for hydroxylation is 1. The molecule has 32 heavy (non-hydrogen) atoms. The number of carbonyl (C=O) groups is 1. The fraction of sp³-hybridized carbons (Fsp3) is 0.208. The van der Waals surface area contributed by atoms with Crippen LogP contribution in [0.3, 0.4) is 0 Å². The molecule has 0 aliphatic carbocycles. The number of benzene rings is 1. The molecule has 2 aliphatic heterocycles. The van der Waals surface area contributed by atoms with Crippen molar-refractivity contribution in [2.24, 2.45) is 0 Å². The van der Waals surface area contributed by atoms with E-state index in [0.29, 0.717) is 25.1 Å². The van der Waals surface area contributed by atoms with Gasteiger partial charge in [0.1, 0.15) is 18.5 Å². The quantitative estimate of drug-likeness (QED) is 0.599. The third kappa shape index (κ3) is 3.33. The predicted molar refractivity (Wildman–Crippen MR) is 116 cm³/mol. The molecule has 0 saturated heterocycles. The summed E-state index contributed by atoms with van der Waals surface area (Å²) in [5.41, 5.74) is 1.66. The number of allylic oxidation sites excluding steroid dienone is 1. The van der Waals surface area contributed by atoms with Crippen LogP contribution in [0, 0.1) is 5.82 Å². The van der Waals surface area contributed by atoms with Crippen LogP contribution in [0.4, 0.5) is 4.39 Å². The van der Waals surface area contributed by atoms with Crippen molar-refractivity contribution in [3.8, 4) is 5.75 Å². The Labute approximate surface area is 183 Å². The topological polar surface area (TPSA) is 78.7 Å². The van der Waals surface area contributed by atoms with Gasteiger partial charge in [-0.15, -0.1) is 0 Å². The molecule has 1 aromatic carbocycles. The summed E-state index contributed by atoms with van der Waals surface area (Å²) in [6.45, 7) is 0.508. The van der Waals surface area contributed by atoms with Crippen LogP contribution >= 0.6 is 0 Å². The average Bonchev–Trinajstić information content (AvgIpc) is 2.82. The lowest BCUT2D eigenvalue weighted by atomic mass is 9.94. The van der Waals surface area contributed by atoms with E-state index in [2.05, 4.69) is 4.98 Å². The minimum absolute atomic E-state index is 0.0963. The maximum absolute atomic E-state index is 14.2. The number of nitrogens with zero attached hydrogens (tertiary/aromatic N) is 4. The van der Waals surface area contributed by atoms with E-state index in [0.717, 1.165) is 11.1 Å². The predicted octanol–water partition coefficient (Wildman–Crippen LogP) is 2.73. The number of halogens is 1. The monoisotopic (exact) mass is 432 g/mol. The molecule has 0 radical (unpaired) electrons. The Morgan fingerprint density at radius 2 is 1.97 bits per heavy atom. The van der Waals surface area contributed by atoms with E-state index in [4.69, 9.17) is 0 Å². The first-order valence-electron chi connectivity index (χ1n) is 10.4. The largest absolute Gasteiger partial charge is 0.502 e. The van der Waals surface area contributed by atoms with Crippen molar-refractivity contribution in [3.63, 3.8) is 0 Å². The van der Waals surface area contributed by atoms with Crippen LogP contribution < -0.4 is 10.4 Å². The van der Waals surface area contributed by atoms with Crippen molar-refractivity contribution in [1.82, 2.24) is 14.6 Å². The second-order valence-corrected chi connectivity index (χ2v) is 7.84. The minimum atomic E-state index is -0.622. The SMILES string of the molecule is O=C1c2c(O)c(=O)ccn2N2CN1C/C=C\CCc1cc(F)ccc1C2c1ccccn1. The number of fused-ring (bicyclic) bond motifs is 5. The molecule has 1 atom stereocenters. The van der Waals surface area contributed by atoms with Gasteiger partial charge in [0.2, 0.25) is 5.43 Å². The zero-order valence-corrected chi connectivity index (χ0v) is 17.2. The molecule has 162 valence electrons. The number of carbonyl (C=O) groups excluding carboxylic acids is 1. The van der Waals surface area contributed by atoms with Gasteiger partial charge >= 0.3 is 0 Å². The zero-order valence-electron chi connectivity index (χ0n) is 17.2. The van der Waals surface area contributed by atoms with E-state index in [1.807, 2.05) is 35.4 Å². The summed E-state index contributed by atoms with van der Waals surface area (Å²) in [6, 6.07) is 11.0. The molecule has 4 heterocycles. The third-order valence-corrected chi connectivity index (χ3v) is 5.87. The van der Waals surface area contributed by atoms with Gasteiger partial charge < -0.3 is 10.0 Å². The van der Waals surface area contributed by atoms with Gasteiger partial charge in [0.05, 0.1) is 5.69 Å². The molecule has 1 N–H and O–H groups in total. The molecule has 7 nitrogen and oxygen atoms in total. The summed E-state index contributed by atoms with van der Waals surface area (Å²) in [5, 5.41) is 12.4. The summed E-state index contributed by atoms with van der Waals surface area (Å²) < 4.78 is 15.7. The van der Waals surface area contributed by atoms with Gasteiger partial charge in [0.15, 0.2) is 11.4 Å². The average molecular weight is 432 g/mol. The third-order valence-electron chi connectivity index (χ3n) is 5.87. The van der Waals surface area contributed by atoms with Gasteiger partial charge in [-0.05, 0) is 48.2 Å². The molecule has 5 rings (SSSR count). The first kappa shape index (κ1) is 20.0. The van der Waals surface area contributed by atoms with Gasteiger partial charge in [-0.2, -0.15) is 0 Å². The summed E-state index contributed by atoms with van der Waals surface area (Å²) >= 11 is 0. The molecule has 0 fully saturated rings. The fourth-order valence-electron chi connectivity index (χ4n) is 4.36. The van der Waals surface area contributed by atoms with Crippen molar-refractivity contribution in [3.05, 3.63) is 106 Å². The van der Waals surface area contributed by atoms with E-state index in [1.54, 1.807) is 17.2 Å². The smallest absolute Gasteiger partial charge is 0.278 e. The van der Waals surface area contributed by atoms with E-state index in [1.165, 1.54) is 29.1 Å². The number of hydrogen-bond donors (Lipinski definition) is 1. The fourth-order valence-corrected chi connectivity index (χ4v) is 4.36. The first-order chi connectivity index (χ1) is 15.5. The lowest BCUT2D eigenvalue weighted by Gasteiger charge is -2.43. The highest BCUT2D eigenvalue weighted by molar-refractivity contribution is 5.96. The number of aromatic hydroxyl groups is 1. The van der Waals surface area contributed by atoms with Gasteiger partial charge in [-0.25, -0.2) is 4.39 Å². The molecule has 1 amide bonds. The maximum Gasteiger partial charge on any atom is 0.278 e. The zero-order chi connectivity index (χ0) is 22.2. The van der Waals surface area contributed by atoms with E-state index in [9.17, 15) is 19.1 Å². The van der Waals surface area contributed by atoms with E-state index >= 15 is 0 Å². The Morgan fingerprint density at radius 3 is 2.78 bits per heavy atom. The van der Waals surface area contributed by atoms with Crippen LogP contribution in [0.1, 0.15) is 39.8 Å². The molecular weight excluding hydrogens is 411 g/mol. The van der Waals surface area contributed by atoms with Crippen molar-refractivity contribution in [1.29, 1.82) is 0 Å². The van der Waals surface area contributed by atoms with Crippen LogP contribution in [-0.2, 0) is 6.42 Å². The molecule has 8 heteroatoms. The number of aromatic nitrogens is 2. The molecule has 0 saturated carbocycles. The second kappa shape index (κ2) is 7.96. The van der Waals surface area contributed by atoms with Crippen molar-refractivity contribution in [2.75, 3.05) is 18.2 Å². The highest BCUT2D eigenvalue weighted by atomic mass is 19.1. The normalized spacial score (nSPS) is 19.0. The molecule has 2 bridgehead atoms. The van der Waals surface area contributed by atoms with Gasteiger partial charge in [-0.3, -0.25) is 24.3 Å². The summed E-state index contributed by atoms with van der Waals surface area (Å²) in [5.74, 6) is -1.34. The molecule has 3 aromatic rings. The van der Waals surface area contributed by atoms with E-state index < -0.39 is 23.1 Å². The second-order valence-electron chi connectivity index (χ2n) is 7.84. The Hall–Kier alpha value is -3.94. The number of hydrogen-bond acceptors (Lipinski definition) is 5. The van der Waals surface area contributed by atoms with Crippen LogP contribution in [0.2, 0.25) is 0 Å². The Bertz CT molecular complexity index is 1270. The Kier molecular flexibility index (Phi) is 4.97. The summed E-state index contributed by atoms with van der Waals surface area (Å²) in [4.78, 5) is 31.4. The standard InChI is InChI=1S/C24H21FN4O3/c25-17-8-9-18-16(14-17)6-2-1-5-12-27-15-29(21(18)19-7-3-4-11-26-19)28-13-10-20(30)23(31)22(28)24(27)32/h1,3-5,7-11,13-14,21,31H,2,6,12,15H2/b5-1-. The van der Waals surface area contributed by atoms with Crippen molar-refractivity contribution < 1.29 is 14.3 Å². The number of amides is 1. The van der Waals surface area contributed by atoms with Gasteiger partial charge in [0, 0.05) is 25.0 Å². The van der Waals surface area contributed by atoms with Crippen LogP contribution in [0.15, 0.2) is 71.8 Å². The number of pyridine rings is 2. The van der Waals surface area contributed by atoms with Crippen LogP contribution in [0.25, 0.3) is 0 Å². The summed E-state index contributed by atoms with van der Waals surface area (Å²) in [7, 11) is 0. The van der Waals surface area contributed by atoms with Gasteiger partial charge in [-0.1, -0.05) is 24.3 Å². The highest BCUT2D eigenvalue weighted by Gasteiger charge is 2.37. The highest BCUT2D eigenvalue weighted by Crippen LogP contribution is 2.34. The lowest BCUT2D eigenvalue weighted by Crippen LogP contribution is -2.55. The van der Waals surface area contributed by atoms with Gasteiger partial charge in [0.25, 0.3) is 5.91 Å².